The number of diazo groups is 2. The number of amides is 2. The van der Waals surface area contributed by atoms with Crippen molar-refractivity contribution in [2.45, 2.75) is 27.7 Å². The molecule has 0 radical (unpaired) electrons. The lowest BCUT2D eigenvalue weighted by Gasteiger charge is -2.12. The number of anilines is 2. The zero-order valence-corrected chi connectivity index (χ0v) is 29.0. The Labute approximate surface area is 295 Å². The third-order valence-electron chi connectivity index (χ3n) is 6.11. The average Bonchev–Trinajstić information content (AvgIpc) is 3.11. The van der Waals surface area contributed by atoms with Gasteiger partial charge in [0, 0.05) is 33.7 Å². The standard InChI is InChI=1S/2C17H17N3O3.H2O4S/c2*1-3-22-15-11-14(20-18)16(23-4-2)10-13(15)19-17(21)12-8-6-5-7-9-12;1-5(2,3)4/h2*5-11H,3-4H2,1-2H3;(H2,1,2,3,4). The second kappa shape index (κ2) is 21.0. The molecule has 17 heteroatoms. The summed E-state index contributed by atoms with van der Waals surface area (Å²) in [7, 11) is -5.17. The van der Waals surface area contributed by atoms with Gasteiger partial charge in [-0.1, -0.05) is 36.4 Å². The number of hydrogen-bond acceptors (Lipinski definition) is 12. The number of benzene rings is 4. The molecule has 2 N–H and O–H groups in total. The summed E-state index contributed by atoms with van der Waals surface area (Å²) in [6, 6.07) is 23.9. The number of rotatable bonds is 12. The maximum Gasteiger partial charge on any atom is 0.430 e. The number of ether oxygens (including phenoxy) is 4. The molecule has 0 unspecified atom stereocenters. The average molecular weight is 721 g/mol. The number of nitrogens with one attached hydrogen (secondary N) is 2. The van der Waals surface area contributed by atoms with Crippen LogP contribution in [0.5, 0.6) is 23.0 Å². The van der Waals surface area contributed by atoms with E-state index in [-0.39, 0.29) is 23.2 Å². The highest BCUT2D eigenvalue weighted by Gasteiger charge is 2.23. The van der Waals surface area contributed by atoms with E-state index in [1.807, 2.05) is 39.8 Å². The van der Waals surface area contributed by atoms with Crippen LogP contribution in [-0.4, -0.2) is 55.8 Å². The quantitative estimate of drug-likeness (QED) is 0.0847. The monoisotopic (exact) mass is 720 g/mol. The highest BCUT2D eigenvalue weighted by Crippen LogP contribution is 2.40. The molecule has 4 aromatic carbocycles. The second-order valence-electron chi connectivity index (χ2n) is 9.61. The van der Waals surface area contributed by atoms with Gasteiger partial charge in [0.1, 0.15) is 0 Å². The predicted octanol–water partition coefficient (Wildman–Crippen LogP) is 7.10. The second-order valence-corrected chi connectivity index (χ2v) is 10.4. The summed E-state index contributed by atoms with van der Waals surface area (Å²) in [5.41, 5.74) is 2.46. The Bertz CT molecular complexity index is 1810. The van der Waals surface area contributed by atoms with Gasteiger partial charge in [-0.2, -0.15) is 0 Å². The summed E-state index contributed by atoms with van der Waals surface area (Å²) in [5, 5.41) is 23.8. The van der Waals surface area contributed by atoms with Crippen LogP contribution < -0.4 is 29.6 Å². The first kappa shape index (κ1) is 40.9. The first-order chi connectivity index (χ1) is 24.4. The molecule has 16 nitrogen and oxygen atoms in total. The van der Waals surface area contributed by atoms with Crippen LogP contribution in [0.3, 0.4) is 0 Å². The molecule has 268 valence electrons. The molecule has 0 aliphatic carbocycles. The third-order valence-corrected chi connectivity index (χ3v) is 6.11. The topological polar surface area (TPSA) is 232 Å². The molecule has 0 aromatic heterocycles. The summed E-state index contributed by atoms with van der Waals surface area (Å²) in [6.45, 7) is 8.93. The zero-order chi connectivity index (χ0) is 37.8. The van der Waals surface area contributed by atoms with E-state index >= 15 is 0 Å². The summed E-state index contributed by atoms with van der Waals surface area (Å²) in [6.07, 6.45) is 0. The van der Waals surface area contributed by atoms with Gasteiger partial charge in [0.15, 0.2) is 21.5 Å². The SMILES string of the molecule is CCOc1cc(NC(=O)c2ccccc2)c(OCC)cc1[N+]#N.CCOc1cc(NC(=O)c2ccccc2)c(OCC)cc1[N+]#N.O=S(=O)([O-])[O-]. The molecule has 0 saturated carbocycles. The fourth-order valence-corrected chi connectivity index (χ4v) is 4.11. The van der Waals surface area contributed by atoms with Crippen LogP contribution in [0.1, 0.15) is 48.4 Å². The van der Waals surface area contributed by atoms with Crippen molar-refractivity contribution in [1.82, 2.24) is 0 Å². The molecule has 0 spiro atoms. The lowest BCUT2D eigenvalue weighted by atomic mass is 10.2. The van der Waals surface area contributed by atoms with Crippen molar-refractivity contribution in [2.24, 2.45) is 0 Å². The highest BCUT2D eigenvalue weighted by atomic mass is 32.3. The molecule has 4 rings (SSSR count). The number of hydrogen-bond donors (Lipinski definition) is 2. The van der Waals surface area contributed by atoms with Crippen LogP contribution in [0.25, 0.3) is 9.95 Å². The van der Waals surface area contributed by atoms with Crippen LogP contribution in [0.2, 0.25) is 0 Å². The number of carbonyl (C=O) groups excluding carboxylic acids is 2. The molecule has 4 aromatic rings. The molecular weight excluding hydrogens is 684 g/mol. The lowest BCUT2D eigenvalue weighted by Crippen LogP contribution is -2.13. The van der Waals surface area contributed by atoms with Crippen molar-refractivity contribution >= 4 is 45.0 Å². The zero-order valence-electron chi connectivity index (χ0n) is 28.2. The maximum atomic E-state index is 12.3. The van der Waals surface area contributed by atoms with Crippen LogP contribution in [0, 0.1) is 10.8 Å². The van der Waals surface area contributed by atoms with E-state index in [9.17, 15) is 9.59 Å². The van der Waals surface area contributed by atoms with Crippen LogP contribution in [0.15, 0.2) is 84.9 Å². The van der Waals surface area contributed by atoms with E-state index in [2.05, 4.69) is 20.6 Å². The molecule has 2 amide bonds. The Morgan fingerprint density at radius 3 is 1.16 bits per heavy atom. The van der Waals surface area contributed by atoms with Crippen LogP contribution >= 0.6 is 0 Å². The molecule has 0 heterocycles. The largest absolute Gasteiger partial charge is 0.759 e. The van der Waals surface area contributed by atoms with Crippen LogP contribution in [0.4, 0.5) is 22.7 Å². The van der Waals surface area contributed by atoms with Gasteiger partial charge >= 0.3 is 11.4 Å². The lowest BCUT2D eigenvalue weighted by molar-refractivity contribution is 0.101. The van der Waals surface area contributed by atoms with E-state index < -0.39 is 10.4 Å². The van der Waals surface area contributed by atoms with E-state index in [0.29, 0.717) is 71.9 Å². The van der Waals surface area contributed by atoms with E-state index in [4.69, 9.17) is 47.3 Å². The van der Waals surface area contributed by atoms with Gasteiger partial charge < -0.3 is 38.7 Å². The Kier molecular flexibility index (Phi) is 16.8. The fourth-order valence-electron chi connectivity index (χ4n) is 4.11. The van der Waals surface area contributed by atoms with Gasteiger partial charge in [-0.15, -0.1) is 0 Å². The van der Waals surface area contributed by atoms with Crippen molar-refractivity contribution in [3.05, 3.63) is 106 Å². The van der Waals surface area contributed by atoms with Crippen molar-refractivity contribution in [3.8, 4) is 23.0 Å². The molecule has 0 fully saturated rings. The first-order valence-electron chi connectivity index (χ1n) is 15.4. The first-order valence-corrected chi connectivity index (χ1v) is 16.7. The molecule has 0 bridgehead atoms. The van der Waals surface area contributed by atoms with E-state index in [1.54, 1.807) is 60.7 Å². The Hall–Kier alpha value is -6.27. The Morgan fingerprint density at radius 1 is 0.588 bits per heavy atom. The van der Waals surface area contributed by atoms with Crippen molar-refractivity contribution < 1.29 is 46.1 Å². The summed E-state index contributed by atoms with van der Waals surface area (Å²) in [5.74, 6) is 1.02. The van der Waals surface area contributed by atoms with Crippen molar-refractivity contribution in [3.63, 3.8) is 0 Å². The summed E-state index contributed by atoms with van der Waals surface area (Å²) in [4.78, 5) is 31.0. The van der Waals surface area contributed by atoms with Gasteiger partial charge in [0.05, 0.1) is 49.9 Å². The van der Waals surface area contributed by atoms with Gasteiger partial charge in [-0.05, 0) is 52.0 Å². The van der Waals surface area contributed by atoms with Gasteiger partial charge in [-0.3, -0.25) is 18.0 Å². The normalized spacial score (nSPS) is 9.96. The third kappa shape index (κ3) is 14.0. The minimum absolute atomic E-state index is 0.244. The summed E-state index contributed by atoms with van der Waals surface area (Å²) >= 11 is 0. The molecule has 51 heavy (non-hydrogen) atoms. The maximum absolute atomic E-state index is 12.3. The molecule has 0 aliphatic rings. The molecular formula is C34H36N6O10S. The Morgan fingerprint density at radius 2 is 0.882 bits per heavy atom. The van der Waals surface area contributed by atoms with Gasteiger partial charge in [-0.25, -0.2) is 0 Å². The van der Waals surface area contributed by atoms with Crippen LogP contribution in [-0.2, 0) is 10.4 Å². The fraction of sp³-hybridized carbons (Fsp3) is 0.235. The van der Waals surface area contributed by atoms with E-state index in [0.717, 1.165) is 0 Å². The van der Waals surface area contributed by atoms with Crippen molar-refractivity contribution in [2.75, 3.05) is 37.1 Å². The smallest absolute Gasteiger partial charge is 0.430 e. The minimum Gasteiger partial charge on any atom is -0.759 e. The highest BCUT2D eigenvalue weighted by molar-refractivity contribution is 7.79. The van der Waals surface area contributed by atoms with Gasteiger partial charge in [0.2, 0.25) is 22.3 Å². The van der Waals surface area contributed by atoms with Gasteiger partial charge in [0.25, 0.3) is 11.8 Å². The number of nitrogens with zero attached hydrogens (tertiary/aromatic N) is 4. The Balaban J connectivity index is 0.000000312. The summed E-state index contributed by atoms with van der Waals surface area (Å²) < 4.78 is 56.0. The molecule has 0 saturated heterocycles. The van der Waals surface area contributed by atoms with Crippen molar-refractivity contribution in [1.29, 1.82) is 10.8 Å². The molecule has 0 aliphatic heterocycles. The van der Waals surface area contributed by atoms with E-state index in [1.165, 1.54) is 12.1 Å². The predicted molar refractivity (Wildman–Crippen MR) is 186 cm³/mol. The molecule has 0 atom stereocenters. The minimum atomic E-state index is -5.17. The number of carbonyl (C=O) groups is 2.